The molecule has 7 nitrogen and oxygen atoms in total. The molecule has 150 valence electrons. The molecule has 3 N–H and O–H groups in total. The summed E-state index contributed by atoms with van der Waals surface area (Å²) < 4.78 is 0. The number of likely N-dealkylation sites (tertiary alicyclic amines) is 1. The molecule has 2 fully saturated rings. The van der Waals surface area contributed by atoms with Crippen LogP contribution in [-0.4, -0.2) is 53.2 Å². The van der Waals surface area contributed by atoms with Crippen molar-refractivity contribution in [1.29, 1.82) is 0 Å². The molecule has 0 saturated carbocycles. The summed E-state index contributed by atoms with van der Waals surface area (Å²) >= 11 is 0. The average Bonchev–Trinajstić information content (AvgIpc) is 3.02. The summed E-state index contributed by atoms with van der Waals surface area (Å²) in [6.07, 6.45) is 2.83. The number of imide groups is 1. The first kappa shape index (κ1) is 19.1. The molecule has 1 aromatic rings. The highest BCUT2D eigenvalue weighted by molar-refractivity contribution is 6.05. The van der Waals surface area contributed by atoms with Gasteiger partial charge in [0.1, 0.15) is 6.04 Å². The first-order valence-electron chi connectivity index (χ1n) is 10.1. The number of hydrogen-bond acceptors (Lipinski definition) is 5. The standard InChI is InChI=1S/C21H28N4O3/c1-21(13-22)7-9-24(10-8-21)11-14-3-2-4-15-16(14)12-25(20(15)28)17-5-6-18(26)23-19(17)27/h2-4,17H,5-13,22H2,1H3,(H,23,26,27). The fourth-order valence-electron chi connectivity index (χ4n) is 4.49. The Morgan fingerprint density at radius 3 is 2.64 bits per heavy atom. The Hall–Kier alpha value is -2.25. The Morgan fingerprint density at radius 2 is 1.96 bits per heavy atom. The Kier molecular flexibility index (Phi) is 4.97. The summed E-state index contributed by atoms with van der Waals surface area (Å²) in [5.74, 6) is -0.738. The van der Waals surface area contributed by atoms with Gasteiger partial charge in [-0.25, -0.2) is 0 Å². The number of nitrogens with zero attached hydrogens (tertiary/aromatic N) is 2. The monoisotopic (exact) mass is 384 g/mol. The van der Waals surface area contributed by atoms with Crippen LogP contribution in [0.15, 0.2) is 18.2 Å². The third-order valence-electron chi connectivity index (χ3n) is 6.63. The van der Waals surface area contributed by atoms with Gasteiger partial charge in [0.15, 0.2) is 0 Å². The summed E-state index contributed by atoms with van der Waals surface area (Å²) in [4.78, 5) is 40.6. The predicted octanol–water partition coefficient (Wildman–Crippen LogP) is 1.01. The van der Waals surface area contributed by atoms with Gasteiger partial charge < -0.3 is 10.6 Å². The maximum atomic E-state index is 12.9. The Balaban J connectivity index is 1.49. The summed E-state index contributed by atoms with van der Waals surface area (Å²) in [6.45, 7) is 6.22. The van der Waals surface area contributed by atoms with Crippen molar-refractivity contribution in [2.45, 2.75) is 51.7 Å². The number of carbonyl (C=O) groups excluding carboxylic acids is 3. The van der Waals surface area contributed by atoms with E-state index in [4.69, 9.17) is 5.73 Å². The quantitative estimate of drug-likeness (QED) is 0.756. The third-order valence-corrected chi connectivity index (χ3v) is 6.63. The van der Waals surface area contributed by atoms with Crippen LogP contribution in [0.25, 0.3) is 0 Å². The summed E-state index contributed by atoms with van der Waals surface area (Å²) in [7, 11) is 0. The smallest absolute Gasteiger partial charge is 0.255 e. The van der Waals surface area contributed by atoms with Crippen molar-refractivity contribution in [3.63, 3.8) is 0 Å². The number of nitrogens with one attached hydrogen (secondary N) is 1. The second-order valence-corrected chi connectivity index (χ2v) is 8.63. The molecule has 3 aliphatic heterocycles. The molecule has 0 bridgehead atoms. The minimum atomic E-state index is -0.564. The summed E-state index contributed by atoms with van der Waals surface area (Å²) in [6, 6.07) is 5.28. The lowest BCUT2D eigenvalue weighted by molar-refractivity contribution is -0.136. The molecule has 3 heterocycles. The van der Waals surface area contributed by atoms with Crippen LogP contribution in [0.1, 0.15) is 54.1 Å². The lowest BCUT2D eigenvalue weighted by Gasteiger charge is -2.38. The van der Waals surface area contributed by atoms with Gasteiger partial charge >= 0.3 is 0 Å². The minimum Gasteiger partial charge on any atom is -0.330 e. The van der Waals surface area contributed by atoms with Gasteiger partial charge in [0, 0.05) is 25.1 Å². The van der Waals surface area contributed by atoms with Crippen molar-refractivity contribution >= 4 is 17.7 Å². The molecule has 0 aromatic heterocycles. The fraction of sp³-hybridized carbons (Fsp3) is 0.571. The van der Waals surface area contributed by atoms with E-state index >= 15 is 0 Å². The zero-order valence-electron chi connectivity index (χ0n) is 16.4. The van der Waals surface area contributed by atoms with Gasteiger partial charge in [-0.1, -0.05) is 19.1 Å². The van der Waals surface area contributed by atoms with E-state index in [1.54, 1.807) is 4.90 Å². The second-order valence-electron chi connectivity index (χ2n) is 8.63. The van der Waals surface area contributed by atoms with Crippen LogP contribution in [0.4, 0.5) is 0 Å². The molecule has 4 rings (SSSR count). The number of hydrogen-bond donors (Lipinski definition) is 2. The zero-order chi connectivity index (χ0) is 19.9. The average molecular weight is 384 g/mol. The van der Waals surface area contributed by atoms with Gasteiger partial charge in [0.25, 0.3) is 5.91 Å². The van der Waals surface area contributed by atoms with Crippen LogP contribution in [0.3, 0.4) is 0 Å². The van der Waals surface area contributed by atoms with Crippen LogP contribution in [0.5, 0.6) is 0 Å². The van der Waals surface area contributed by atoms with Gasteiger partial charge in [-0.15, -0.1) is 0 Å². The topological polar surface area (TPSA) is 95.7 Å². The Labute approximate surface area is 165 Å². The van der Waals surface area contributed by atoms with E-state index in [9.17, 15) is 14.4 Å². The number of carbonyl (C=O) groups is 3. The molecular formula is C21H28N4O3. The molecule has 1 atom stereocenters. The minimum absolute atomic E-state index is 0.110. The van der Waals surface area contributed by atoms with Gasteiger partial charge in [-0.3, -0.25) is 24.6 Å². The molecule has 28 heavy (non-hydrogen) atoms. The number of piperidine rings is 2. The van der Waals surface area contributed by atoms with Crippen molar-refractivity contribution in [2.24, 2.45) is 11.1 Å². The third kappa shape index (κ3) is 3.44. The van der Waals surface area contributed by atoms with Crippen LogP contribution in [0.2, 0.25) is 0 Å². The van der Waals surface area contributed by atoms with E-state index in [0.29, 0.717) is 18.5 Å². The lowest BCUT2D eigenvalue weighted by atomic mass is 9.80. The van der Waals surface area contributed by atoms with Crippen molar-refractivity contribution in [2.75, 3.05) is 19.6 Å². The fourth-order valence-corrected chi connectivity index (χ4v) is 4.49. The van der Waals surface area contributed by atoms with Gasteiger partial charge in [-0.2, -0.15) is 0 Å². The van der Waals surface area contributed by atoms with Crippen LogP contribution < -0.4 is 11.1 Å². The first-order chi connectivity index (χ1) is 13.4. The summed E-state index contributed by atoms with van der Waals surface area (Å²) in [5, 5.41) is 2.36. The Morgan fingerprint density at radius 1 is 1.21 bits per heavy atom. The predicted molar refractivity (Wildman–Crippen MR) is 104 cm³/mol. The SMILES string of the molecule is CC1(CN)CCN(Cc2cccc3c2CN(C2CCC(=O)NC2=O)C3=O)CC1. The number of nitrogens with two attached hydrogens (primary N) is 1. The molecule has 0 aliphatic carbocycles. The normalized spacial score (nSPS) is 25.0. The number of benzene rings is 1. The highest BCUT2D eigenvalue weighted by Gasteiger charge is 2.40. The van der Waals surface area contributed by atoms with E-state index in [1.807, 2.05) is 12.1 Å². The molecule has 3 aliphatic rings. The van der Waals surface area contributed by atoms with E-state index in [1.165, 1.54) is 0 Å². The van der Waals surface area contributed by atoms with Gasteiger partial charge in [-0.05, 0) is 61.5 Å². The summed E-state index contributed by atoms with van der Waals surface area (Å²) in [5.41, 5.74) is 9.00. The molecular weight excluding hydrogens is 356 g/mol. The van der Waals surface area contributed by atoms with Crippen LogP contribution >= 0.6 is 0 Å². The molecule has 0 spiro atoms. The van der Waals surface area contributed by atoms with Crippen molar-refractivity contribution in [1.82, 2.24) is 15.1 Å². The van der Waals surface area contributed by atoms with E-state index < -0.39 is 6.04 Å². The van der Waals surface area contributed by atoms with Crippen molar-refractivity contribution < 1.29 is 14.4 Å². The van der Waals surface area contributed by atoms with Crippen LogP contribution in [0, 0.1) is 5.41 Å². The molecule has 1 aromatic carbocycles. The van der Waals surface area contributed by atoms with E-state index in [2.05, 4.69) is 23.2 Å². The molecule has 7 heteroatoms. The largest absolute Gasteiger partial charge is 0.330 e. The first-order valence-corrected chi connectivity index (χ1v) is 10.1. The second kappa shape index (κ2) is 7.29. The molecule has 1 unspecified atom stereocenters. The highest BCUT2D eigenvalue weighted by atomic mass is 16.2. The maximum absolute atomic E-state index is 12.9. The molecule has 3 amide bonds. The molecule has 2 saturated heterocycles. The van der Waals surface area contributed by atoms with E-state index in [-0.39, 0.29) is 29.6 Å². The lowest BCUT2D eigenvalue weighted by Crippen LogP contribution is -2.52. The number of fused-ring (bicyclic) bond motifs is 1. The van der Waals surface area contributed by atoms with Crippen molar-refractivity contribution in [3.8, 4) is 0 Å². The van der Waals surface area contributed by atoms with Gasteiger partial charge in [0.2, 0.25) is 11.8 Å². The van der Waals surface area contributed by atoms with Gasteiger partial charge in [0.05, 0.1) is 0 Å². The molecule has 0 radical (unpaired) electrons. The van der Waals surface area contributed by atoms with E-state index in [0.717, 1.165) is 50.1 Å². The zero-order valence-corrected chi connectivity index (χ0v) is 16.4. The van der Waals surface area contributed by atoms with Crippen LogP contribution in [-0.2, 0) is 22.7 Å². The number of amides is 3. The van der Waals surface area contributed by atoms with Crippen molar-refractivity contribution in [3.05, 3.63) is 34.9 Å². The number of rotatable bonds is 4. The highest BCUT2D eigenvalue weighted by Crippen LogP contribution is 2.33. The maximum Gasteiger partial charge on any atom is 0.255 e. The Bertz CT molecular complexity index is 814.